The van der Waals surface area contributed by atoms with E-state index >= 15 is 0 Å². The van der Waals surface area contributed by atoms with Crippen LogP contribution in [0.1, 0.15) is 10.4 Å². The molecular formula is C9H12CuN2O2. The number of benzene rings is 1. The second-order valence-corrected chi connectivity index (χ2v) is 2.44. The topological polar surface area (TPSA) is 64.3 Å². The van der Waals surface area contributed by atoms with E-state index in [1.807, 2.05) is 6.07 Å². The molecular weight excluding hydrogens is 232 g/mol. The van der Waals surface area contributed by atoms with Crippen molar-refractivity contribution < 1.29 is 26.7 Å². The van der Waals surface area contributed by atoms with Gasteiger partial charge in [-0.05, 0) is 12.1 Å². The van der Waals surface area contributed by atoms with Crippen molar-refractivity contribution in [3.8, 4) is 0 Å². The van der Waals surface area contributed by atoms with E-state index in [4.69, 9.17) is 10.6 Å². The second-order valence-electron chi connectivity index (χ2n) is 2.44. The first kappa shape index (κ1) is 13.1. The van der Waals surface area contributed by atoms with Crippen molar-refractivity contribution in [2.75, 3.05) is 13.1 Å². The molecule has 0 saturated carbocycles. The molecule has 0 atom stereocenters. The molecule has 0 aliphatic heterocycles. The Morgan fingerprint density at radius 3 is 2.57 bits per heavy atom. The number of carbonyl (C=O) groups excluding carboxylic acids is 1. The normalized spacial score (nSPS) is 8.93. The van der Waals surface area contributed by atoms with Gasteiger partial charge in [0, 0.05) is 30.2 Å². The summed E-state index contributed by atoms with van der Waals surface area (Å²) in [5.74, 6) is -0.394. The Hall–Kier alpha value is -0.871. The van der Waals surface area contributed by atoms with Gasteiger partial charge in [0.25, 0.3) is 0 Å². The van der Waals surface area contributed by atoms with Gasteiger partial charge in [0.2, 0.25) is 0 Å². The third-order valence-electron chi connectivity index (χ3n) is 1.42. The zero-order valence-corrected chi connectivity index (χ0v) is 8.44. The van der Waals surface area contributed by atoms with Crippen LogP contribution in [0.4, 0.5) is 0 Å². The van der Waals surface area contributed by atoms with E-state index in [9.17, 15) is 4.79 Å². The van der Waals surface area contributed by atoms with Crippen LogP contribution in [0, 0.1) is 0 Å². The molecule has 0 aromatic heterocycles. The van der Waals surface area contributed by atoms with Crippen molar-refractivity contribution in [1.82, 2.24) is 5.48 Å². The summed E-state index contributed by atoms with van der Waals surface area (Å²) in [6, 6.07) is 8.77. The molecule has 1 aromatic rings. The molecule has 0 saturated heterocycles. The summed E-state index contributed by atoms with van der Waals surface area (Å²) in [5, 5.41) is 0. The average molecular weight is 244 g/mol. The molecule has 5 heteroatoms. The predicted octanol–water partition coefficient (Wildman–Crippen LogP) is 0.304. The first-order valence-corrected chi connectivity index (χ1v) is 4.03. The van der Waals surface area contributed by atoms with Gasteiger partial charge in [0.1, 0.15) is 0 Å². The summed E-state index contributed by atoms with van der Waals surface area (Å²) < 4.78 is 0. The molecule has 0 aliphatic rings. The first-order valence-electron chi connectivity index (χ1n) is 4.03. The van der Waals surface area contributed by atoms with Crippen LogP contribution >= 0.6 is 0 Å². The minimum absolute atomic E-state index is 0. The van der Waals surface area contributed by atoms with Gasteiger partial charge in [0.05, 0.1) is 5.56 Å². The van der Waals surface area contributed by atoms with E-state index in [0.29, 0.717) is 18.7 Å². The number of nitrogens with one attached hydrogen (secondary N) is 1. The van der Waals surface area contributed by atoms with Crippen molar-refractivity contribution in [3.05, 3.63) is 35.9 Å². The molecule has 0 unspecified atom stereocenters. The van der Waals surface area contributed by atoms with Crippen LogP contribution in [0.5, 0.6) is 0 Å². The van der Waals surface area contributed by atoms with E-state index in [2.05, 4.69) is 5.48 Å². The predicted molar refractivity (Wildman–Crippen MR) is 48.9 cm³/mol. The Kier molecular flexibility index (Phi) is 7.06. The Labute approximate surface area is 93.2 Å². The smallest absolute Gasteiger partial charge is 0.356 e. The minimum Gasteiger partial charge on any atom is -0.367 e. The van der Waals surface area contributed by atoms with Crippen molar-refractivity contribution >= 4 is 5.97 Å². The first-order chi connectivity index (χ1) is 6.34. The molecule has 1 rings (SSSR count). The minimum atomic E-state index is -0.394. The zero-order valence-electron chi connectivity index (χ0n) is 7.50. The van der Waals surface area contributed by atoms with E-state index in [0.717, 1.165) is 0 Å². The van der Waals surface area contributed by atoms with Crippen LogP contribution in [-0.2, 0) is 21.9 Å². The molecule has 4 nitrogen and oxygen atoms in total. The van der Waals surface area contributed by atoms with Gasteiger partial charge >= 0.3 is 5.97 Å². The third-order valence-corrected chi connectivity index (χ3v) is 1.42. The summed E-state index contributed by atoms with van der Waals surface area (Å²) in [6.07, 6.45) is 0. The van der Waals surface area contributed by atoms with Gasteiger partial charge in [-0.1, -0.05) is 18.2 Å². The van der Waals surface area contributed by atoms with Gasteiger partial charge in [-0.15, -0.1) is 0 Å². The van der Waals surface area contributed by atoms with Gasteiger partial charge in [0.15, 0.2) is 0 Å². The fraction of sp³-hybridized carbons (Fsp3) is 0.222. The van der Waals surface area contributed by atoms with Gasteiger partial charge < -0.3 is 10.6 Å². The Morgan fingerprint density at radius 1 is 1.36 bits per heavy atom. The molecule has 81 valence electrons. The molecule has 1 aromatic carbocycles. The molecule has 0 spiro atoms. The quantitative estimate of drug-likeness (QED) is 0.454. The standard InChI is InChI=1S/C9H12N2O2.Cu/c10-6-7-11-13-9(12)8-4-2-1-3-5-8;/h1-5,11H,6-7,10H2;. The maximum absolute atomic E-state index is 11.2. The fourth-order valence-electron chi connectivity index (χ4n) is 0.809. The summed E-state index contributed by atoms with van der Waals surface area (Å²) >= 11 is 0. The van der Waals surface area contributed by atoms with Crippen LogP contribution in [0.3, 0.4) is 0 Å². The molecule has 1 radical (unpaired) electrons. The average Bonchev–Trinajstić information content (AvgIpc) is 2.19. The van der Waals surface area contributed by atoms with Crippen molar-refractivity contribution in [2.45, 2.75) is 0 Å². The molecule has 0 fully saturated rings. The number of hydroxylamine groups is 1. The van der Waals surface area contributed by atoms with E-state index in [1.54, 1.807) is 24.3 Å². The van der Waals surface area contributed by atoms with Crippen LogP contribution < -0.4 is 11.2 Å². The molecule has 0 bridgehead atoms. The summed E-state index contributed by atoms with van der Waals surface area (Å²) in [6.45, 7) is 0.890. The van der Waals surface area contributed by atoms with Crippen LogP contribution in [0.15, 0.2) is 30.3 Å². The van der Waals surface area contributed by atoms with Crippen molar-refractivity contribution in [3.63, 3.8) is 0 Å². The molecule has 3 N–H and O–H groups in total. The fourth-order valence-corrected chi connectivity index (χ4v) is 0.809. The van der Waals surface area contributed by atoms with E-state index in [-0.39, 0.29) is 17.1 Å². The summed E-state index contributed by atoms with van der Waals surface area (Å²) in [4.78, 5) is 15.9. The molecule has 0 amide bonds. The molecule has 0 heterocycles. The summed E-state index contributed by atoms with van der Waals surface area (Å²) in [5.41, 5.74) is 8.18. The number of carbonyl (C=O) groups is 1. The largest absolute Gasteiger partial charge is 0.367 e. The van der Waals surface area contributed by atoms with E-state index < -0.39 is 5.97 Å². The zero-order chi connectivity index (χ0) is 9.52. The monoisotopic (exact) mass is 243 g/mol. The maximum Gasteiger partial charge on any atom is 0.356 e. The Morgan fingerprint density at radius 2 is 2.00 bits per heavy atom. The van der Waals surface area contributed by atoms with Crippen molar-refractivity contribution in [2.24, 2.45) is 5.73 Å². The number of nitrogens with two attached hydrogens (primary N) is 1. The van der Waals surface area contributed by atoms with Crippen LogP contribution in [-0.4, -0.2) is 19.1 Å². The number of rotatable bonds is 4. The molecule has 14 heavy (non-hydrogen) atoms. The molecule has 0 aliphatic carbocycles. The van der Waals surface area contributed by atoms with Crippen molar-refractivity contribution in [1.29, 1.82) is 0 Å². The Balaban J connectivity index is 0.00000169. The van der Waals surface area contributed by atoms with Gasteiger partial charge in [-0.2, -0.15) is 5.48 Å². The van der Waals surface area contributed by atoms with Crippen LogP contribution in [0.2, 0.25) is 0 Å². The van der Waals surface area contributed by atoms with E-state index in [1.165, 1.54) is 0 Å². The third kappa shape index (κ3) is 4.39. The van der Waals surface area contributed by atoms with Gasteiger partial charge in [-0.3, -0.25) is 0 Å². The van der Waals surface area contributed by atoms with Gasteiger partial charge in [-0.25, -0.2) is 4.79 Å². The summed E-state index contributed by atoms with van der Waals surface area (Å²) in [7, 11) is 0. The number of hydrogen-bond acceptors (Lipinski definition) is 4. The SMILES string of the molecule is NCCNOC(=O)c1ccccc1.[Cu]. The number of hydrogen-bond donors (Lipinski definition) is 2. The maximum atomic E-state index is 11.2. The Bertz CT molecular complexity index is 267. The second kappa shape index (κ2) is 7.53. The van der Waals surface area contributed by atoms with Crippen LogP contribution in [0.25, 0.3) is 0 Å².